The maximum Gasteiger partial charge on any atom is 0.319 e. The SMILES string of the molecule is CCNC(=O)c1cc2c(Oc3ccc(NC(=O)NC4CC4)c(C)c3)ccnc2cc1OC. The van der Waals surface area contributed by atoms with Crippen LogP contribution in [0.5, 0.6) is 17.2 Å². The fraction of sp³-hybridized carbons (Fsp3) is 0.292. The molecule has 1 fully saturated rings. The Labute approximate surface area is 186 Å². The summed E-state index contributed by atoms with van der Waals surface area (Å²) in [5.41, 5.74) is 2.66. The van der Waals surface area contributed by atoms with Crippen LogP contribution in [-0.2, 0) is 0 Å². The summed E-state index contributed by atoms with van der Waals surface area (Å²) in [5, 5.41) is 9.27. The number of aryl methyl sites for hydroxylation is 1. The van der Waals surface area contributed by atoms with Crippen LogP contribution in [0.1, 0.15) is 35.7 Å². The molecule has 8 nitrogen and oxygen atoms in total. The topological polar surface area (TPSA) is 102 Å². The smallest absolute Gasteiger partial charge is 0.319 e. The van der Waals surface area contributed by atoms with Crippen molar-refractivity contribution in [1.29, 1.82) is 0 Å². The Bertz CT molecular complexity index is 1170. The van der Waals surface area contributed by atoms with Crippen LogP contribution >= 0.6 is 0 Å². The van der Waals surface area contributed by atoms with Gasteiger partial charge >= 0.3 is 6.03 Å². The number of carbonyl (C=O) groups is 2. The van der Waals surface area contributed by atoms with Crippen molar-refractivity contribution in [2.45, 2.75) is 32.7 Å². The molecule has 0 spiro atoms. The van der Waals surface area contributed by atoms with Gasteiger partial charge in [-0.05, 0) is 62.6 Å². The third-order valence-electron chi connectivity index (χ3n) is 5.19. The number of aromatic nitrogens is 1. The average Bonchev–Trinajstić information content (AvgIpc) is 3.59. The van der Waals surface area contributed by atoms with E-state index in [1.165, 1.54) is 7.11 Å². The van der Waals surface area contributed by atoms with Crippen molar-refractivity contribution in [2.24, 2.45) is 0 Å². The summed E-state index contributed by atoms with van der Waals surface area (Å²) in [6.07, 6.45) is 3.72. The van der Waals surface area contributed by atoms with Gasteiger partial charge < -0.3 is 25.4 Å². The van der Waals surface area contributed by atoms with E-state index in [-0.39, 0.29) is 11.9 Å². The summed E-state index contributed by atoms with van der Waals surface area (Å²) in [6, 6.07) is 10.8. The second-order valence-electron chi connectivity index (χ2n) is 7.69. The van der Waals surface area contributed by atoms with E-state index in [2.05, 4.69) is 20.9 Å². The third-order valence-corrected chi connectivity index (χ3v) is 5.19. The molecular weight excluding hydrogens is 408 g/mol. The van der Waals surface area contributed by atoms with E-state index in [0.29, 0.717) is 46.3 Å². The average molecular weight is 434 g/mol. The van der Waals surface area contributed by atoms with Gasteiger partial charge in [-0.15, -0.1) is 0 Å². The molecule has 3 amide bonds. The zero-order valence-electron chi connectivity index (χ0n) is 18.3. The molecule has 4 rings (SSSR count). The van der Waals surface area contributed by atoms with Crippen molar-refractivity contribution in [1.82, 2.24) is 15.6 Å². The molecule has 3 N–H and O–H groups in total. The number of carbonyl (C=O) groups excluding carboxylic acids is 2. The van der Waals surface area contributed by atoms with E-state index in [1.807, 2.05) is 26.0 Å². The molecule has 1 aliphatic rings. The van der Waals surface area contributed by atoms with E-state index < -0.39 is 0 Å². The minimum Gasteiger partial charge on any atom is -0.496 e. The van der Waals surface area contributed by atoms with Gasteiger partial charge in [-0.2, -0.15) is 0 Å². The predicted molar refractivity (Wildman–Crippen MR) is 123 cm³/mol. The molecule has 0 bridgehead atoms. The minimum atomic E-state index is -0.225. The number of fused-ring (bicyclic) bond motifs is 1. The van der Waals surface area contributed by atoms with E-state index in [4.69, 9.17) is 9.47 Å². The van der Waals surface area contributed by atoms with E-state index in [1.54, 1.807) is 30.5 Å². The van der Waals surface area contributed by atoms with Gasteiger partial charge in [0.05, 0.1) is 18.2 Å². The molecule has 1 aromatic heterocycles. The second-order valence-corrected chi connectivity index (χ2v) is 7.69. The Morgan fingerprint density at radius 2 is 1.94 bits per heavy atom. The van der Waals surface area contributed by atoms with Crippen molar-refractivity contribution in [2.75, 3.05) is 19.0 Å². The van der Waals surface area contributed by atoms with E-state index in [9.17, 15) is 9.59 Å². The van der Waals surface area contributed by atoms with E-state index in [0.717, 1.165) is 24.1 Å². The number of hydrogen-bond acceptors (Lipinski definition) is 5. The number of methoxy groups -OCH3 is 1. The normalized spacial score (nSPS) is 12.8. The molecule has 1 heterocycles. The number of nitrogens with zero attached hydrogens (tertiary/aromatic N) is 1. The number of rotatable bonds is 7. The number of nitrogens with one attached hydrogen (secondary N) is 3. The number of benzene rings is 2. The summed E-state index contributed by atoms with van der Waals surface area (Å²) >= 11 is 0. The minimum absolute atomic E-state index is 0.198. The lowest BCUT2D eigenvalue weighted by molar-refractivity contribution is 0.0953. The summed E-state index contributed by atoms with van der Waals surface area (Å²) in [5.74, 6) is 1.40. The molecule has 1 aliphatic carbocycles. The third kappa shape index (κ3) is 4.74. The Hall–Kier alpha value is -3.81. The lowest BCUT2D eigenvalue weighted by atomic mass is 10.1. The summed E-state index contributed by atoms with van der Waals surface area (Å²) < 4.78 is 11.5. The van der Waals surface area contributed by atoms with Gasteiger partial charge in [0.2, 0.25) is 0 Å². The highest BCUT2D eigenvalue weighted by Crippen LogP contribution is 2.34. The van der Waals surface area contributed by atoms with Crippen LogP contribution in [0.4, 0.5) is 10.5 Å². The molecule has 32 heavy (non-hydrogen) atoms. The molecule has 8 heteroatoms. The monoisotopic (exact) mass is 434 g/mol. The van der Waals surface area contributed by atoms with Crippen LogP contribution in [0.3, 0.4) is 0 Å². The lowest BCUT2D eigenvalue weighted by Crippen LogP contribution is -2.30. The molecule has 0 aliphatic heterocycles. The van der Waals surface area contributed by atoms with Gasteiger partial charge in [0, 0.05) is 35.9 Å². The Balaban J connectivity index is 1.60. The van der Waals surface area contributed by atoms with Crippen LogP contribution in [0.25, 0.3) is 10.9 Å². The first kappa shape index (κ1) is 21.4. The van der Waals surface area contributed by atoms with Crippen molar-refractivity contribution in [3.8, 4) is 17.2 Å². The Kier molecular flexibility index (Phi) is 6.11. The highest BCUT2D eigenvalue weighted by molar-refractivity contribution is 6.02. The van der Waals surface area contributed by atoms with E-state index >= 15 is 0 Å². The molecule has 2 aromatic carbocycles. The molecule has 0 saturated heterocycles. The number of ether oxygens (including phenoxy) is 2. The van der Waals surface area contributed by atoms with Crippen LogP contribution in [0.2, 0.25) is 0 Å². The maximum atomic E-state index is 12.5. The standard InChI is InChI=1S/C24H26N4O4/c1-4-25-23(29)18-12-17-20(13-22(18)31-3)26-10-9-21(17)32-16-7-8-19(14(2)11-16)28-24(30)27-15-5-6-15/h7-13,15H,4-6H2,1-3H3,(H,25,29)(H2,27,28,30). The molecule has 166 valence electrons. The summed E-state index contributed by atoms with van der Waals surface area (Å²) in [7, 11) is 1.52. The zero-order valence-corrected chi connectivity index (χ0v) is 18.3. The first-order valence-corrected chi connectivity index (χ1v) is 10.6. The highest BCUT2D eigenvalue weighted by Gasteiger charge is 2.23. The van der Waals surface area contributed by atoms with Crippen LogP contribution in [0.15, 0.2) is 42.6 Å². The fourth-order valence-electron chi connectivity index (χ4n) is 3.38. The summed E-state index contributed by atoms with van der Waals surface area (Å²) in [6.45, 7) is 4.27. The number of urea groups is 1. The molecule has 0 radical (unpaired) electrons. The summed E-state index contributed by atoms with van der Waals surface area (Å²) in [4.78, 5) is 28.9. The van der Waals surface area contributed by atoms with Crippen molar-refractivity contribution in [3.63, 3.8) is 0 Å². The number of hydrogen-bond donors (Lipinski definition) is 3. The van der Waals surface area contributed by atoms with Gasteiger partial charge in [0.1, 0.15) is 17.2 Å². The van der Waals surface area contributed by atoms with Crippen LogP contribution in [0, 0.1) is 6.92 Å². The fourth-order valence-corrected chi connectivity index (χ4v) is 3.38. The van der Waals surface area contributed by atoms with Gasteiger partial charge in [0.15, 0.2) is 0 Å². The predicted octanol–water partition coefficient (Wildman–Crippen LogP) is 4.38. The molecule has 0 unspecified atom stereocenters. The van der Waals surface area contributed by atoms with Crippen molar-refractivity contribution < 1.29 is 19.1 Å². The first-order chi connectivity index (χ1) is 15.5. The first-order valence-electron chi connectivity index (χ1n) is 10.6. The number of amides is 3. The molecule has 3 aromatic rings. The van der Waals surface area contributed by atoms with Crippen LogP contribution < -0.4 is 25.4 Å². The maximum absolute atomic E-state index is 12.5. The Morgan fingerprint density at radius 3 is 2.62 bits per heavy atom. The Morgan fingerprint density at radius 1 is 1.12 bits per heavy atom. The lowest BCUT2D eigenvalue weighted by Gasteiger charge is -2.14. The molecular formula is C24H26N4O4. The quantitative estimate of drug-likeness (QED) is 0.512. The second kappa shape index (κ2) is 9.13. The zero-order chi connectivity index (χ0) is 22.7. The molecule has 0 atom stereocenters. The van der Waals surface area contributed by atoms with Crippen molar-refractivity contribution >= 4 is 28.5 Å². The largest absolute Gasteiger partial charge is 0.496 e. The van der Waals surface area contributed by atoms with Gasteiger partial charge in [-0.25, -0.2) is 4.79 Å². The van der Waals surface area contributed by atoms with Crippen LogP contribution in [-0.4, -0.2) is 36.6 Å². The number of pyridine rings is 1. The van der Waals surface area contributed by atoms with Gasteiger partial charge in [-0.3, -0.25) is 9.78 Å². The van der Waals surface area contributed by atoms with Gasteiger partial charge in [-0.1, -0.05) is 0 Å². The van der Waals surface area contributed by atoms with Crippen molar-refractivity contribution in [3.05, 3.63) is 53.7 Å². The highest BCUT2D eigenvalue weighted by atomic mass is 16.5. The number of anilines is 1. The van der Waals surface area contributed by atoms with Gasteiger partial charge in [0.25, 0.3) is 5.91 Å². The molecule has 1 saturated carbocycles.